The predicted octanol–water partition coefficient (Wildman–Crippen LogP) is 3.42. The molecule has 1 aromatic carbocycles. The molecule has 2 aromatic rings. The standard InChI is InChI=1S/C16H19ClN2OS/c17-11-15-12-21-16(18-15)14-3-1-13(2-4-14)5-6-19-7-9-20-10-8-19/h1-4,12H,5-11H2. The Morgan fingerprint density at radius 1 is 1.19 bits per heavy atom. The molecule has 0 radical (unpaired) electrons. The van der Waals surface area contributed by atoms with Gasteiger partial charge in [0.25, 0.3) is 0 Å². The fourth-order valence-corrected chi connectivity index (χ4v) is 3.48. The summed E-state index contributed by atoms with van der Waals surface area (Å²) >= 11 is 7.45. The molecule has 0 atom stereocenters. The Labute approximate surface area is 134 Å². The molecule has 112 valence electrons. The highest BCUT2D eigenvalue weighted by Gasteiger charge is 2.10. The van der Waals surface area contributed by atoms with Crippen LogP contribution >= 0.6 is 22.9 Å². The first-order valence-electron chi connectivity index (χ1n) is 7.25. The number of thiazole rings is 1. The fourth-order valence-electron chi connectivity index (χ4n) is 2.43. The van der Waals surface area contributed by atoms with E-state index < -0.39 is 0 Å². The van der Waals surface area contributed by atoms with Gasteiger partial charge in [-0.05, 0) is 12.0 Å². The molecular weight excluding hydrogens is 304 g/mol. The Bertz CT molecular complexity index is 564. The SMILES string of the molecule is ClCc1csc(-c2ccc(CCN3CCOCC3)cc2)n1. The van der Waals surface area contributed by atoms with Gasteiger partial charge in [0.1, 0.15) is 5.01 Å². The molecule has 0 unspecified atom stereocenters. The van der Waals surface area contributed by atoms with Gasteiger partial charge in [-0.25, -0.2) is 4.98 Å². The number of alkyl halides is 1. The van der Waals surface area contributed by atoms with E-state index in [0.717, 1.165) is 50.0 Å². The van der Waals surface area contributed by atoms with Gasteiger partial charge in [-0.1, -0.05) is 24.3 Å². The lowest BCUT2D eigenvalue weighted by Gasteiger charge is -2.26. The molecular formula is C16H19ClN2OS. The first kappa shape index (κ1) is 15.0. The molecule has 1 aromatic heterocycles. The number of aromatic nitrogens is 1. The van der Waals surface area contributed by atoms with Crippen LogP contribution in [0.25, 0.3) is 10.6 Å². The van der Waals surface area contributed by atoms with E-state index in [-0.39, 0.29) is 0 Å². The largest absolute Gasteiger partial charge is 0.379 e. The molecule has 0 saturated carbocycles. The van der Waals surface area contributed by atoms with Crippen molar-refractivity contribution in [2.45, 2.75) is 12.3 Å². The molecule has 3 rings (SSSR count). The van der Waals surface area contributed by atoms with Gasteiger partial charge in [0.2, 0.25) is 0 Å². The van der Waals surface area contributed by atoms with Crippen LogP contribution in [0.4, 0.5) is 0 Å². The molecule has 2 heterocycles. The molecule has 1 aliphatic rings. The molecule has 0 N–H and O–H groups in total. The topological polar surface area (TPSA) is 25.4 Å². The molecule has 5 heteroatoms. The predicted molar refractivity (Wildman–Crippen MR) is 88.1 cm³/mol. The summed E-state index contributed by atoms with van der Waals surface area (Å²) in [6.07, 6.45) is 1.09. The molecule has 0 bridgehead atoms. The number of ether oxygens (including phenoxy) is 1. The number of benzene rings is 1. The zero-order valence-corrected chi connectivity index (χ0v) is 13.5. The van der Waals surface area contributed by atoms with E-state index in [1.54, 1.807) is 11.3 Å². The van der Waals surface area contributed by atoms with Crippen molar-refractivity contribution in [1.82, 2.24) is 9.88 Å². The van der Waals surface area contributed by atoms with E-state index >= 15 is 0 Å². The average molecular weight is 323 g/mol. The number of hydrogen-bond donors (Lipinski definition) is 0. The highest BCUT2D eigenvalue weighted by molar-refractivity contribution is 7.13. The zero-order valence-electron chi connectivity index (χ0n) is 11.9. The summed E-state index contributed by atoms with van der Waals surface area (Å²) in [6, 6.07) is 8.73. The lowest BCUT2D eigenvalue weighted by Crippen LogP contribution is -2.37. The molecule has 1 aliphatic heterocycles. The van der Waals surface area contributed by atoms with Crippen LogP contribution in [-0.4, -0.2) is 42.7 Å². The summed E-state index contributed by atoms with van der Waals surface area (Å²) in [5, 5.41) is 3.07. The van der Waals surface area contributed by atoms with E-state index in [1.807, 2.05) is 5.38 Å². The van der Waals surface area contributed by atoms with Crippen molar-refractivity contribution in [1.29, 1.82) is 0 Å². The van der Waals surface area contributed by atoms with Crippen LogP contribution < -0.4 is 0 Å². The van der Waals surface area contributed by atoms with Crippen LogP contribution in [0, 0.1) is 0 Å². The quantitative estimate of drug-likeness (QED) is 0.789. The van der Waals surface area contributed by atoms with Crippen LogP contribution in [0.5, 0.6) is 0 Å². The summed E-state index contributed by atoms with van der Waals surface area (Å²) in [5.74, 6) is 0.480. The number of rotatable bonds is 5. The monoisotopic (exact) mass is 322 g/mol. The van der Waals surface area contributed by atoms with Gasteiger partial charge in [0.15, 0.2) is 0 Å². The third-order valence-electron chi connectivity index (χ3n) is 3.71. The normalized spacial score (nSPS) is 16.2. The second-order valence-electron chi connectivity index (χ2n) is 5.18. The van der Waals surface area contributed by atoms with Gasteiger partial charge in [0, 0.05) is 30.6 Å². The van der Waals surface area contributed by atoms with Crippen molar-refractivity contribution in [2.75, 3.05) is 32.8 Å². The minimum absolute atomic E-state index is 0.480. The first-order valence-corrected chi connectivity index (χ1v) is 8.66. The van der Waals surface area contributed by atoms with Gasteiger partial charge in [-0.3, -0.25) is 4.90 Å². The van der Waals surface area contributed by atoms with E-state index in [2.05, 4.69) is 34.1 Å². The lowest BCUT2D eigenvalue weighted by molar-refractivity contribution is 0.0384. The number of morpholine rings is 1. The minimum atomic E-state index is 0.480. The molecule has 21 heavy (non-hydrogen) atoms. The molecule has 0 spiro atoms. The van der Waals surface area contributed by atoms with E-state index in [4.69, 9.17) is 16.3 Å². The highest BCUT2D eigenvalue weighted by Crippen LogP contribution is 2.24. The summed E-state index contributed by atoms with van der Waals surface area (Å²) < 4.78 is 5.37. The van der Waals surface area contributed by atoms with Gasteiger partial charge in [0.05, 0.1) is 24.8 Å². The summed E-state index contributed by atoms with van der Waals surface area (Å²) in [7, 11) is 0. The Morgan fingerprint density at radius 3 is 2.62 bits per heavy atom. The Morgan fingerprint density at radius 2 is 1.95 bits per heavy atom. The summed E-state index contributed by atoms with van der Waals surface area (Å²) in [6.45, 7) is 4.95. The fraction of sp³-hybridized carbons (Fsp3) is 0.438. The second-order valence-corrected chi connectivity index (χ2v) is 6.30. The third kappa shape index (κ3) is 4.04. The van der Waals surface area contributed by atoms with Crippen molar-refractivity contribution in [3.05, 3.63) is 40.9 Å². The lowest BCUT2D eigenvalue weighted by atomic mass is 10.1. The van der Waals surface area contributed by atoms with Crippen LogP contribution in [0.1, 0.15) is 11.3 Å². The maximum atomic E-state index is 5.80. The molecule has 3 nitrogen and oxygen atoms in total. The van der Waals surface area contributed by atoms with Crippen LogP contribution in [0.15, 0.2) is 29.6 Å². The van der Waals surface area contributed by atoms with E-state index in [0.29, 0.717) is 5.88 Å². The molecule has 0 aliphatic carbocycles. The van der Waals surface area contributed by atoms with Crippen molar-refractivity contribution in [2.24, 2.45) is 0 Å². The van der Waals surface area contributed by atoms with Gasteiger partial charge in [-0.15, -0.1) is 22.9 Å². The molecule has 0 amide bonds. The van der Waals surface area contributed by atoms with Crippen molar-refractivity contribution < 1.29 is 4.74 Å². The maximum Gasteiger partial charge on any atom is 0.123 e. The van der Waals surface area contributed by atoms with Crippen LogP contribution in [-0.2, 0) is 17.0 Å². The van der Waals surface area contributed by atoms with Crippen LogP contribution in [0.2, 0.25) is 0 Å². The van der Waals surface area contributed by atoms with Crippen molar-refractivity contribution in [3.63, 3.8) is 0 Å². The average Bonchev–Trinajstić information content (AvgIpc) is 3.03. The number of hydrogen-bond acceptors (Lipinski definition) is 4. The minimum Gasteiger partial charge on any atom is -0.379 e. The van der Waals surface area contributed by atoms with E-state index in [1.165, 1.54) is 11.1 Å². The first-order chi connectivity index (χ1) is 10.3. The smallest absolute Gasteiger partial charge is 0.123 e. The second kappa shape index (κ2) is 7.36. The Kier molecular flexibility index (Phi) is 5.25. The zero-order chi connectivity index (χ0) is 14.5. The Balaban J connectivity index is 1.58. The third-order valence-corrected chi connectivity index (χ3v) is 4.92. The highest BCUT2D eigenvalue weighted by atomic mass is 35.5. The van der Waals surface area contributed by atoms with Crippen LogP contribution in [0.3, 0.4) is 0 Å². The van der Waals surface area contributed by atoms with Gasteiger partial charge >= 0.3 is 0 Å². The van der Waals surface area contributed by atoms with Crippen molar-refractivity contribution >= 4 is 22.9 Å². The summed E-state index contributed by atoms with van der Waals surface area (Å²) in [4.78, 5) is 6.98. The number of halogens is 1. The van der Waals surface area contributed by atoms with Crippen molar-refractivity contribution in [3.8, 4) is 10.6 Å². The van der Waals surface area contributed by atoms with E-state index in [9.17, 15) is 0 Å². The number of nitrogens with zero attached hydrogens (tertiary/aromatic N) is 2. The molecule has 1 fully saturated rings. The molecule has 1 saturated heterocycles. The summed E-state index contributed by atoms with van der Waals surface area (Å²) in [5.41, 5.74) is 3.50. The Hall–Kier alpha value is -0.940. The van der Waals surface area contributed by atoms with Gasteiger partial charge in [-0.2, -0.15) is 0 Å². The van der Waals surface area contributed by atoms with Gasteiger partial charge < -0.3 is 4.74 Å². The maximum absolute atomic E-state index is 5.80.